The number of nitrogens with two attached hydrogens (primary N) is 1. The number of carbonyl (C=O) groups is 1. The predicted octanol–water partition coefficient (Wildman–Crippen LogP) is 0.513. The Labute approximate surface area is 86.2 Å². The molecule has 0 heterocycles. The SMILES string of the molecule is CCC(NC(=O)COCCN)C(C)C. The molecule has 14 heavy (non-hydrogen) atoms. The lowest BCUT2D eigenvalue weighted by Gasteiger charge is -2.20. The molecule has 0 radical (unpaired) electrons. The zero-order valence-electron chi connectivity index (χ0n) is 9.38. The first-order chi connectivity index (χ1) is 6.61. The summed E-state index contributed by atoms with van der Waals surface area (Å²) in [5, 5.41) is 2.92. The summed E-state index contributed by atoms with van der Waals surface area (Å²) in [6.07, 6.45) is 0.945. The molecule has 0 bridgehead atoms. The van der Waals surface area contributed by atoms with Gasteiger partial charge >= 0.3 is 0 Å². The molecule has 4 nitrogen and oxygen atoms in total. The Balaban J connectivity index is 3.68. The molecular formula is C10H22N2O2. The molecule has 84 valence electrons. The Morgan fingerprint density at radius 3 is 2.57 bits per heavy atom. The van der Waals surface area contributed by atoms with Crippen molar-refractivity contribution in [2.45, 2.75) is 33.2 Å². The quantitative estimate of drug-likeness (QED) is 0.591. The van der Waals surface area contributed by atoms with Crippen molar-refractivity contribution in [3.63, 3.8) is 0 Å². The Morgan fingerprint density at radius 2 is 2.14 bits per heavy atom. The van der Waals surface area contributed by atoms with E-state index in [-0.39, 0.29) is 18.6 Å². The van der Waals surface area contributed by atoms with Gasteiger partial charge in [-0.15, -0.1) is 0 Å². The molecule has 0 rings (SSSR count). The van der Waals surface area contributed by atoms with Crippen molar-refractivity contribution < 1.29 is 9.53 Å². The van der Waals surface area contributed by atoms with Crippen molar-refractivity contribution in [2.24, 2.45) is 11.7 Å². The first kappa shape index (κ1) is 13.4. The van der Waals surface area contributed by atoms with E-state index in [0.717, 1.165) is 6.42 Å². The van der Waals surface area contributed by atoms with Crippen LogP contribution in [0, 0.1) is 5.92 Å². The van der Waals surface area contributed by atoms with Crippen molar-refractivity contribution in [2.75, 3.05) is 19.8 Å². The van der Waals surface area contributed by atoms with Gasteiger partial charge < -0.3 is 15.8 Å². The summed E-state index contributed by atoms with van der Waals surface area (Å²) in [6, 6.07) is 0.240. The maximum Gasteiger partial charge on any atom is 0.246 e. The third kappa shape index (κ3) is 5.94. The van der Waals surface area contributed by atoms with Gasteiger partial charge in [-0.25, -0.2) is 0 Å². The van der Waals surface area contributed by atoms with E-state index in [1.54, 1.807) is 0 Å². The molecule has 1 amide bonds. The summed E-state index contributed by atoms with van der Waals surface area (Å²) < 4.78 is 5.03. The van der Waals surface area contributed by atoms with E-state index in [0.29, 0.717) is 19.1 Å². The molecule has 0 aromatic heterocycles. The van der Waals surface area contributed by atoms with Gasteiger partial charge in [-0.1, -0.05) is 20.8 Å². The normalized spacial score (nSPS) is 12.9. The highest BCUT2D eigenvalue weighted by Gasteiger charge is 2.13. The molecule has 0 saturated carbocycles. The summed E-state index contributed by atoms with van der Waals surface area (Å²) in [4.78, 5) is 11.3. The molecule has 0 aromatic rings. The lowest BCUT2D eigenvalue weighted by atomic mass is 10.0. The fourth-order valence-corrected chi connectivity index (χ4v) is 1.24. The summed E-state index contributed by atoms with van der Waals surface area (Å²) in [7, 11) is 0. The molecule has 0 aliphatic rings. The molecule has 0 aliphatic heterocycles. The van der Waals surface area contributed by atoms with Gasteiger partial charge in [0.25, 0.3) is 0 Å². The summed E-state index contributed by atoms with van der Waals surface area (Å²) in [5.41, 5.74) is 5.23. The van der Waals surface area contributed by atoms with Crippen LogP contribution in [-0.2, 0) is 9.53 Å². The number of amides is 1. The maximum atomic E-state index is 11.3. The van der Waals surface area contributed by atoms with Gasteiger partial charge in [0.1, 0.15) is 6.61 Å². The van der Waals surface area contributed by atoms with Crippen LogP contribution in [0.15, 0.2) is 0 Å². The second kappa shape index (κ2) is 7.76. The molecule has 0 spiro atoms. The second-order valence-electron chi connectivity index (χ2n) is 3.67. The molecular weight excluding hydrogens is 180 g/mol. The van der Waals surface area contributed by atoms with Gasteiger partial charge in [0.15, 0.2) is 0 Å². The molecule has 1 unspecified atom stereocenters. The maximum absolute atomic E-state index is 11.3. The molecule has 1 atom stereocenters. The number of rotatable bonds is 7. The molecule has 3 N–H and O–H groups in total. The summed E-state index contributed by atoms with van der Waals surface area (Å²) >= 11 is 0. The highest BCUT2D eigenvalue weighted by Crippen LogP contribution is 2.04. The summed E-state index contributed by atoms with van der Waals surface area (Å²) in [5.74, 6) is 0.400. The third-order valence-electron chi connectivity index (χ3n) is 2.09. The zero-order valence-corrected chi connectivity index (χ0v) is 9.38. The minimum Gasteiger partial charge on any atom is -0.370 e. The highest BCUT2D eigenvalue weighted by molar-refractivity contribution is 5.77. The number of ether oxygens (including phenoxy) is 1. The molecule has 0 aliphatic carbocycles. The van der Waals surface area contributed by atoms with Crippen LogP contribution in [0.2, 0.25) is 0 Å². The van der Waals surface area contributed by atoms with Gasteiger partial charge in [0.2, 0.25) is 5.91 Å². The molecule has 0 saturated heterocycles. The average Bonchev–Trinajstić information content (AvgIpc) is 2.14. The Morgan fingerprint density at radius 1 is 1.50 bits per heavy atom. The highest BCUT2D eigenvalue weighted by atomic mass is 16.5. The van der Waals surface area contributed by atoms with Crippen molar-refractivity contribution >= 4 is 5.91 Å². The van der Waals surface area contributed by atoms with E-state index >= 15 is 0 Å². The van der Waals surface area contributed by atoms with Crippen LogP contribution < -0.4 is 11.1 Å². The van der Waals surface area contributed by atoms with Crippen molar-refractivity contribution in [3.05, 3.63) is 0 Å². The predicted molar refractivity (Wildman–Crippen MR) is 56.9 cm³/mol. The minimum absolute atomic E-state index is 0.0565. The van der Waals surface area contributed by atoms with Crippen LogP contribution in [0.4, 0.5) is 0 Å². The van der Waals surface area contributed by atoms with E-state index in [4.69, 9.17) is 10.5 Å². The van der Waals surface area contributed by atoms with Crippen LogP contribution in [0.25, 0.3) is 0 Å². The monoisotopic (exact) mass is 202 g/mol. The van der Waals surface area contributed by atoms with Gasteiger partial charge in [-0.2, -0.15) is 0 Å². The first-order valence-corrected chi connectivity index (χ1v) is 5.19. The van der Waals surface area contributed by atoms with Crippen LogP contribution in [0.5, 0.6) is 0 Å². The van der Waals surface area contributed by atoms with Crippen molar-refractivity contribution in [1.82, 2.24) is 5.32 Å². The average molecular weight is 202 g/mol. The Kier molecular flexibility index (Phi) is 7.42. The summed E-state index contributed by atoms with van der Waals surface area (Å²) in [6.45, 7) is 7.25. The third-order valence-corrected chi connectivity index (χ3v) is 2.09. The number of hydrogen-bond donors (Lipinski definition) is 2. The minimum atomic E-state index is -0.0565. The van der Waals surface area contributed by atoms with Crippen LogP contribution >= 0.6 is 0 Å². The first-order valence-electron chi connectivity index (χ1n) is 5.19. The number of hydrogen-bond acceptors (Lipinski definition) is 3. The van der Waals surface area contributed by atoms with Crippen LogP contribution in [0.1, 0.15) is 27.2 Å². The van der Waals surface area contributed by atoms with Gasteiger partial charge in [0, 0.05) is 12.6 Å². The van der Waals surface area contributed by atoms with Crippen molar-refractivity contribution in [3.8, 4) is 0 Å². The number of carbonyl (C=O) groups excluding carboxylic acids is 1. The van der Waals surface area contributed by atoms with E-state index in [9.17, 15) is 4.79 Å². The molecule has 0 aromatic carbocycles. The van der Waals surface area contributed by atoms with E-state index in [1.165, 1.54) is 0 Å². The van der Waals surface area contributed by atoms with E-state index in [1.807, 2.05) is 0 Å². The lowest BCUT2D eigenvalue weighted by Crippen LogP contribution is -2.40. The standard InChI is InChI=1S/C10H22N2O2/c1-4-9(8(2)3)12-10(13)7-14-6-5-11/h8-9H,4-7,11H2,1-3H3,(H,12,13). The number of nitrogens with one attached hydrogen (secondary N) is 1. The van der Waals surface area contributed by atoms with Gasteiger partial charge in [-0.05, 0) is 12.3 Å². The largest absolute Gasteiger partial charge is 0.370 e. The zero-order chi connectivity index (χ0) is 11.0. The smallest absolute Gasteiger partial charge is 0.246 e. The lowest BCUT2D eigenvalue weighted by molar-refractivity contribution is -0.126. The van der Waals surface area contributed by atoms with Crippen LogP contribution in [-0.4, -0.2) is 31.7 Å². The van der Waals surface area contributed by atoms with E-state index < -0.39 is 0 Å². The fraction of sp³-hybridized carbons (Fsp3) is 0.900. The Hall–Kier alpha value is -0.610. The topological polar surface area (TPSA) is 64.3 Å². The van der Waals surface area contributed by atoms with Gasteiger partial charge in [0.05, 0.1) is 6.61 Å². The van der Waals surface area contributed by atoms with Crippen LogP contribution in [0.3, 0.4) is 0 Å². The van der Waals surface area contributed by atoms with Gasteiger partial charge in [-0.3, -0.25) is 4.79 Å². The molecule has 0 fully saturated rings. The van der Waals surface area contributed by atoms with E-state index in [2.05, 4.69) is 26.1 Å². The second-order valence-corrected chi connectivity index (χ2v) is 3.67. The van der Waals surface area contributed by atoms with Crippen molar-refractivity contribution in [1.29, 1.82) is 0 Å². The molecule has 4 heteroatoms. The fourth-order valence-electron chi connectivity index (χ4n) is 1.24. The Bertz CT molecular complexity index is 160.